The van der Waals surface area contributed by atoms with Crippen molar-refractivity contribution in [2.24, 2.45) is 0 Å². The number of amides is 1. The van der Waals surface area contributed by atoms with Gasteiger partial charge >= 0.3 is 0 Å². The fraction of sp³-hybridized carbons (Fsp3) is 0.261. The molecule has 0 aliphatic carbocycles. The maximum atomic E-state index is 12.9. The molecule has 0 saturated heterocycles. The Morgan fingerprint density at radius 2 is 1.73 bits per heavy atom. The van der Waals surface area contributed by atoms with Crippen molar-refractivity contribution in [2.45, 2.75) is 31.3 Å². The zero-order valence-electron chi connectivity index (χ0n) is 17.0. The number of hydrogen-bond donors (Lipinski definition) is 0. The summed E-state index contributed by atoms with van der Waals surface area (Å²) in [4.78, 5) is 14.8. The lowest BCUT2D eigenvalue weighted by Crippen LogP contribution is -2.35. The Kier molecular flexibility index (Phi) is 5.49. The van der Waals surface area contributed by atoms with Crippen molar-refractivity contribution >= 4 is 15.9 Å². The van der Waals surface area contributed by atoms with Crippen molar-refractivity contribution in [2.75, 3.05) is 13.6 Å². The largest absolute Gasteiger partial charge is 0.455 e. The first-order valence-electron chi connectivity index (χ1n) is 9.82. The Morgan fingerprint density at radius 3 is 2.47 bits per heavy atom. The van der Waals surface area contributed by atoms with E-state index in [1.807, 2.05) is 25.1 Å². The van der Waals surface area contributed by atoms with Gasteiger partial charge in [-0.05, 0) is 48.7 Å². The molecule has 0 saturated carbocycles. The lowest BCUT2D eigenvalue weighted by atomic mass is 10.00. The van der Waals surface area contributed by atoms with E-state index in [1.165, 1.54) is 16.9 Å². The molecule has 2 heterocycles. The highest BCUT2D eigenvalue weighted by molar-refractivity contribution is 7.89. The van der Waals surface area contributed by atoms with E-state index in [0.717, 1.165) is 17.5 Å². The van der Waals surface area contributed by atoms with Gasteiger partial charge in [-0.25, -0.2) is 8.42 Å². The number of rotatable bonds is 5. The van der Waals surface area contributed by atoms with E-state index in [9.17, 15) is 13.2 Å². The molecule has 0 bridgehead atoms. The second kappa shape index (κ2) is 8.08. The number of nitrogens with zero attached hydrogens (tertiary/aromatic N) is 2. The fourth-order valence-corrected chi connectivity index (χ4v) is 4.73. The molecule has 1 amide bonds. The normalized spacial score (nSPS) is 14.0. The third-order valence-electron chi connectivity index (χ3n) is 5.40. The first kappa shape index (κ1) is 20.4. The van der Waals surface area contributed by atoms with Gasteiger partial charge in [0, 0.05) is 20.1 Å². The summed E-state index contributed by atoms with van der Waals surface area (Å²) < 4.78 is 32.5. The van der Waals surface area contributed by atoms with E-state index >= 15 is 0 Å². The van der Waals surface area contributed by atoms with Gasteiger partial charge in [0.2, 0.25) is 10.0 Å². The zero-order chi connectivity index (χ0) is 21.3. The second-order valence-electron chi connectivity index (χ2n) is 7.59. The average molecular weight is 425 g/mol. The number of aryl methyl sites for hydroxylation is 1. The summed E-state index contributed by atoms with van der Waals surface area (Å²) in [6.45, 7) is 3.13. The van der Waals surface area contributed by atoms with Gasteiger partial charge < -0.3 is 9.32 Å². The predicted molar refractivity (Wildman–Crippen MR) is 113 cm³/mol. The van der Waals surface area contributed by atoms with Crippen LogP contribution in [0.2, 0.25) is 0 Å². The van der Waals surface area contributed by atoms with Gasteiger partial charge in [-0.1, -0.05) is 42.0 Å². The summed E-state index contributed by atoms with van der Waals surface area (Å²) in [6, 6.07) is 18.1. The third-order valence-corrected chi connectivity index (χ3v) is 7.22. The summed E-state index contributed by atoms with van der Waals surface area (Å²) in [5.41, 5.74) is 3.41. The minimum absolute atomic E-state index is 0.0479. The fourth-order valence-electron chi connectivity index (χ4n) is 3.60. The molecule has 3 aromatic rings. The molecule has 1 aromatic heterocycles. The SMILES string of the molecule is Cc1ccc(S(=O)(=O)N(C)Cc2ccc(C(=O)N3CCc4ccccc4C3)o2)cc1. The topological polar surface area (TPSA) is 70.8 Å². The maximum absolute atomic E-state index is 12.9. The molecule has 30 heavy (non-hydrogen) atoms. The molecular formula is C23H24N2O4S. The molecule has 0 atom stereocenters. The molecule has 1 aliphatic heterocycles. The highest BCUT2D eigenvalue weighted by Gasteiger charge is 2.25. The molecular weight excluding hydrogens is 400 g/mol. The predicted octanol–water partition coefficient (Wildman–Crippen LogP) is 3.61. The third kappa shape index (κ3) is 4.04. The average Bonchev–Trinajstić information content (AvgIpc) is 3.21. The Hall–Kier alpha value is -2.90. The van der Waals surface area contributed by atoms with Crippen LogP contribution in [0, 0.1) is 6.92 Å². The zero-order valence-corrected chi connectivity index (χ0v) is 17.9. The van der Waals surface area contributed by atoms with E-state index in [-0.39, 0.29) is 23.1 Å². The lowest BCUT2D eigenvalue weighted by molar-refractivity contribution is 0.0700. The maximum Gasteiger partial charge on any atom is 0.289 e. The van der Waals surface area contributed by atoms with Crippen LogP contribution in [0.5, 0.6) is 0 Å². The van der Waals surface area contributed by atoms with Crippen LogP contribution in [-0.2, 0) is 29.5 Å². The van der Waals surface area contributed by atoms with E-state index < -0.39 is 10.0 Å². The monoisotopic (exact) mass is 424 g/mol. The van der Waals surface area contributed by atoms with E-state index in [4.69, 9.17) is 4.42 Å². The van der Waals surface area contributed by atoms with Gasteiger partial charge in [0.1, 0.15) is 5.76 Å². The number of hydrogen-bond acceptors (Lipinski definition) is 4. The van der Waals surface area contributed by atoms with E-state index in [1.54, 1.807) is 41.3 Å². The van der Waals surface area contributed by atoms with Gasteiger partial charge in [-0.3, -0.25) is 4.79 Å². The molecule has 4 rings (SSSR count). The molecule has 0 unspecified atom stereocenters. The molecule has 6 nitrogen and oxygen atoms in total. The molecule has 1 aliphatic rings. The van der Waals surface area contributed by atoms with Gasteiger partial charge in [-0.15, -0.1) is 0 Å². The van der Waals surface area contributed by atoms with Crippen LogP contribution in [0.25, 0.3) is 0 Å². The summed E-state index contributed by atoms with van der Waals surface area (Å²) in [7, 11) is -2.14. The molecule has 7 heteroatoms. The van der Waals surface area contributed by atoms with E-state index in [2.05, 4.69) is 6.07 Å². The Labute approximate surface area is 176 Å². The molecule has 0 N–H and O–H groups in total. The minimum Gasteiger partial charge on any atom is -0.455 e. The van der Waals surface area contributed by atoms with Crippen molar-refractivity contribution in [3.8, 4) is 0 Å². The summed E-state index contributed by atoms with van der Waals surface area (Å²) in [5, 5.41) is 0. The van der Waals surface area contributed by atoms with Gasteiger partial charge in [0.25, 0.3) is 5.91 Å². The molecule has 156 valence electrons. The summed E-state index contributed by atoms with van der Waals surface area (Å²) in [6.07, 6.45) is 0.813. The second-order valence-corrected chi connectivity index (χ2v) is 9.63. The van der Waals surface area contributed by atoms with Crippen molar-refractivity contribution in [3.05, 3.63) is 88.9 Å². The van der Waals surface area contributed by atoms with Crippen molar-refractivity contribution in [1.82, 2.24) is 9.21 Å². The number of sulfonamides is 1. The quantitative estimate of drug-likeness (QED) is 0.627. The first-order valence-corrected chi connectivity index (χ1v) is 11.3. The summed E-state index contributed by atoms with van der Waals surface area (Å²) in [5.74, 6) is 0.472. The van der Waals surface area contributed by atoms with Crippen LogP contribution in [0.15, 0.2) is 70.0 Å². The molecule has 2 aromatic carbocycles. The lowest BCUT2D eigenvalue weighted by Gasteiger charge is -2.28. The molecule has 0 spiro atoms. The van der Waals surface area contributed by atoms with Crippen molar-refractivity contribution in [3.63, 3.8) is 0 Å². The van der Waals surface area contributed by atoms with Crippen LogP contribution in [0.3, 0.4) is 0 Å². The van der Waals surface area contributed by atoms with Crippen LogP contribution in [0.4, 0.5) is 0 Å². The minimum atomic E-state index is -3.64. The van der Waals surface area contributed by atoms with Crippen molar-refractivity contribution < 1.29 is 17.6 Å². The van der Waals surface area contributed by atoms with Crippen LogP contribution in [-0.4, -0.2) is 37.1 Å². The van der Waals surface area contributed by atoms with E-state index in [0.29, 0.717) is 18.8 Å². The number of benzene rings is 2. The number of furan rings is 1. The van der Waals surface area contributed by atoms with Gasteiger partial charge in [0.05, 0.1) is 11.4 Å². The highest BCUT2D eigenvalue weighted by Crippen LogP contribution is 2.22. The number of carbonyl (C=O) groups is 1. The van der Waals surface area contributed by atoms with Gasteiger partial charge in [0.15, 0.2) is 5.76 Å². The molecule has 0 radical (unpaired) electrons. The number of carbonyl (C=O) groups excluding carboxylic acids is 1. The first-order chi connectivity index (χ1) is 14.3. The Balaban J connectivity index is 1.45. The van der Waals surface area contributed by atoms with Crippen molar-refractivity contribution in [1.29, 1.82) is 0 Å². The summed E-state index contributed by atoms with van der Waals surface area (Å²) >= 11 is 0. The smallest absolute Gasteiger partial charge is 0.289 e. The standard InChI is InChI=1S/C23H24N2O4S/c1-17-7-10-21(11-8-17)30(27,28)24(2)16-20-9-12-22(29-20)23(26)25-14-13-18-5-3-4-6-19(18)15-25/h3-12H,13-16H2,1-2H3. The van der Waals surface area contributed by atoms with Gasteiger partial charge in [-0.2, -0.15) is 4.31 Å². The highest BCUT2D eigenvalue weighted by atomic mass is 32.2. The molecule has 0 fully saturated rings. The van der Waals surface area contributed by atoms with Crippen LogP contribution < -0.4 is 0 Å². The van der Waals surface area contributed by atoms with Crippen LogP contribution >= 0.6 is 0 Å². The Morgan fingerprint density at radius 1 is 1.03 bits per heavy atom. The van der Waals surface area contributed by atoms with Crippen LogP contribution in [0.1, 0.15) is 33.0 Å². The Bertz CT molecular complexity index is 1170. The number of fused-ring (bicyclic) bond motifs is 1.